The first-order chi connectivity index (χ1) is 18.1. The predicted molar refractivity (Wildman–Crippen MR) is 137 cm³/mol. The number of aryl methyl sites for hydroxylation is 1. The lowest BCUT2D eigenvalue weighted by Gasteiger charge is -2.20. The Hall–Kier alpha value is -4.67. The lowest BCUT2D eigenvalue weighted by molar-refractivity contribution is -0.167. The van der Waals surface area contributed by atoms with Crippen molar-refractivity contribution < 1.29 is 22.4 Å². The van der Waals surface area contributed by atoms with Gasteiger partial charge in [0.2, 0.25) is 0 Å². The van der Waals surface area contributed by atoms with Gasteiger partial charge in [0.25, 0.3) is 0 Å². The summed E-state index contributed by atoms with van der Waals surface area (Å²) in [5, 5.41) is 17.4. The van der Waals surface area contributed by atoms with E-state index in [4.69, 9.17) is 11.1 Å². The van der Waals surface area contributed by atoms with Gasteiger partial charge in [0.1, 0.15) is 11.7 Å². The zero-order chi connectivity index (χ0) is 27.4. The molecule has 0 aliphatic carbocycles. The Kier molecular flexibility index (Phi) is 7.47. The maximum Gasteiger partial charge on any atom is 0.471 e. The van der Waals surface area contributed by atoms with Crippen LogP contribution < -0.4 is 16.4 Å². The van der Waals surface area contributed by atoms with Crippen LogP contribution in [-0.4, -0.2) is 27.7 Å². The zero-order valence-corrected chi connectivity index (χ0v) is 20.2. The van der Waals surface area contributed by atoms with Crippen molar-refractivity contribution in [3.05, 3.63) is 107 Å². The van der Waals surface area contributed by atoms with Crippen molar-refractivity contribution in [2.24, 2.45) is 5.73 Å². The molecule has 0 aliphatic heterocycles. The summed E-state index contributed by atoms with van der Waals surface area (Å²) in [5.74, 6) is -2.50. The molecule has 1 unspecified atom stereocenters. The van der Waals surface area contributed by atoms with E-state index in [1.54, 1.807) is 54.7 Å². The van der Waals surface area contributed by atoms with E-state index in [-0.39, 0.29) is 23.0 Å². The number of halogens is 4. The number of carbonyl (C=O) groups is 1. The van der Waals surface area contributed by atoms with Gasteiger partial charge in [-0.2, -0.15) is 18.3 Å². The van der Waals surface area contributed by atoms with Crippen molar-refractivity contribution in [3.63, 3.8) is 0 Å². The molecule has 4 rings (SSSR count). The molecule has 0 fully saturated rings. The van der Waals surface area contributed by atoms with Crippen molar-refractivity contribution in [1.82, 2.24) is 9.78 Å². The van der Waals surface area contributed by atoms with Crippen LogP contribution in [0.15, 0.2) is 79.0 Å². The van der Waals surface area contributed by atoms with Crippen LogP contribution in [0.25, 0.3) is 5.69 Å². The highest BCUT2D eigenvalue weighted by Gasteiger charge is 2.39. The first-order valence-corrected chi connectivity index (χ1v) is 11.6. The van der Waals surface area contributed by atoms with Crippen molar-refractivity contribution in [3.8, 4) is 5.69 Å². The number of carbonyl (C=O) groups excluding carboxylic acids is 1. The lowest BCUT2D eigenvalue weighted by Crippen LogP contribution is -2.30. The molecule has 4 aromatic rings. The van der Waals surface area contributed by atoms with E-state index < -0.39 is 18.1 Å². The average molecular weight is 525 g/mol. The number of nitrogens with zero attached hydrogens (tertiary/aromatic N) is 2. The molecule has 3 aromatic carbocycles. The summed E-state index contributed by atoms with van der Waals surface area (Å²) in [5.41, 5.74) is 8.65. The number of nitrogens with two attached hydrogens (primary N) is 1. The Labute approximate surface area is 215 Å². The van der Waals surface area contributed by atoms with Crippen LogP contribution >= 0.6 is 0 Å². The van der Waals surface area contributed by atoms with Crippen LogP contribution in [0, 0.1) is 11.2 Å². The maximum absolute atomic E-state index is 14.3. The average Bonchev–Trinajstić information content (AvgIpc) is 3.37. The fourth-order valence-corrected chi connectivity index (χ4v) is 3.88. The molecule has 0 aliphatic rings. The monoisotopic (exact) mass is 524 g/mol. The number of aromatic nitrogens is 2. The molecule has 7 nitrogen and oxygen atoms in total. The molecule has 1 atom stereocenters. The van der Waals surface area contributed by atoms with Crippen LogP contribution in [0.5, 0.6) is 0 Å². The molecule has 1 aromatic heterocycles. The lowest BCUT2D eigenvalue weighted by atomic mass is 9.99. The van der Waals surface area contributed by atoms with Gasteiger partial charge in [0.05, 0.1) is 23.1 Å². The molecule has 0 saturated carbocycles. The number of amidine groups is 1. The van der Waals surface area contributed by atoms with Crippen molar-refractivity contribution in [2.75, 3.05) is 10.6 Å². The summed E-state index contributed by atoms with van der Waals surface area (Å²) < 4.78 is 54.1. The molecule has 196 valence electrons. The van der Waals surface area contributed by atoms with Gasteiger partial charge >= 0.3 is 12.1 Å². The molecular formula is C27H24F4N6O. The van der Waals surface area contributed by atoms with Gasteiger partial charge in [0, 0.05) is 17.4 Å². The molecule has 11 heteroatoms. The standard InChI is InChI=1S/C27H24F4N6O/c1-2-16-15-18(9-12-20(16)28)24(34-19-10-7-17(8-11-19)25(32)33)22-13-14-37(36-22)23-6-4-3-5-21(23)35-26(38)27(29,30)31/h3-15,24,34H,2H2,1H3,(H3,32,33)(H,35,38). The van der Waals surface area contributed by atoms with Crippen LogP contribution in [0.3, 0.4) is 0 Å². The summed E-state index contributed by atoms with van der Waals surface area (Å²) in [7, 11) is 0. The number of anilines is 2. The SMILES string of the molecule is CCc1cc(C(Nc2ccc(C(=N)N)cc2)c2ccn(-c3ccccc3NC(=O)C(F)(F)F)n2)ccc1F. The third kappa shape index (κ3) is 5.83. The first kappa shape index (κ1) is 26.4. The Bertz CT molecular complexity index is 1460. The number of alkyl halides is 3. The van der Waals surface area contributed by atoms with E-state index in [0.717, 1.165) is 0 Å². The molecule has 0 bridgehead atoms. The Morgan fingerprint density at radius 1 is 1.08 bits per heavy atom. The molecule has 0 spiro atoms. The number of amides is 1. The van der Waals surface area contributed by atoms with Crippen LogP contribution in [-0.2, 0) is 11.2 Å². The number of nitrogen functional groups attached to an aromatic ring is 1. The quantitative estimate of drug-likeness (QED) is 0.137. The van der Waals surface area contributed by atoms with Crippen molar-refractivity contribution in [2.45, 2.75) is 25.6 Å². The van der Waals surface area contributed by atoms with E-state index in [1.807, 2.05) is 12.2 Å². The summed E-state index contributed by atoms with van der Waals surface area (Å²) in [6.07, 6.45) is -3.01. The highest BCUT2D eigenvalue weighted by molar-refractivity contribution is 5.96. The normalized spacial score (nSPS) is 12.1. The van der Waals surface area contributed by atoms with Crippen LogP contribution in [0.2, 0.25) is 0 Å². The predicted octanol–water partition coefficient (Wildman–Crippen LogP) is 5.56. The summed E-state index contributed by atoms with van der Waals surface area (Å²) in [6.45, 7) is 1.84. The Morgan fingerprint density at radius 3 is 2.45 bits per heavy atom. The third-order valence-corrected chi connectivity index (χ3v) is 5.85. The molecule has 1 amide bonds. The highest BCUT2D eigenvalue weighted by Crippen LogP contribution is 2.29. The molecule has 5 N–H and O–H groups in total. The van der Waals surface area contributed by atoms with Gasteiger partial charge in [-0.3, -0.25) is 10.2 Å². The van der Waals surface area contributed by atoms with E-state index in [9.17, 15) is 22.4 Å². The minimum atomic E-state index is -5.05. The Balaban J connectivity index is 1.73. The van der Waals surface area contributed by atoms with E-state index in [2.05, 4.69) is 10.4 Å². The van der Waals surface area contributed by atoms with Crippen molar-refractivity contribution >= 4 is 23.1 Å². The summed E-state index contributed by atoms with van der Waals surface area (Å²) >= 11 is 0. The molecule has 1 heterocycles. The number of hydrogen-bond donors (Lipinski definition) is 4. The smallest absolute Gasteiger partial charge is 0.384 e. The van der Waals surface area contributed by atoms with Gasteiger partial charge in [-0.25, -0.2) is 9.07 Å². The second-order valence-electron chi connectivity index (χ2n) is 8.43. The number of rotatable bonds is 8. The number of para-hydroxylation sites is 2. The number of benzene rings is 3. The van der Waals surface area contributed by atoms with E-state index >= 15 is 0 Å². The third-order valence-electron chi connectivity index (χ3n) is 5.85. The van der Waals surface area contributed by atoms with Gasteiger partial charge in [-0.05, 0) is 66.1 Å². The van der Waals surface area contributed by atoms with Crippen LogP contribution in [0.4, 0.5) is 28.9 Å². The zero-order valence-electron chi connectivity index (χ0n) is 20.2. The second-order valence-corrected chi connectivity index (χ2v) is 8.43. The van der Waals surface area contributed by atoms with Gasteiger partial charge in [0.15, 0.2) is 0 Å². The number of nitrogens with one attached hydrogen (secondary N) is 3. The van der Waals surface area contributed by atoms with Crippen molar-refractivity contribution in [1.29, 1.82) is 5.41 Å². The minimum absolute atomic E-state index is 0.0659. The minimum Gasteiger partial charge on any atom is -0.384 e. The molecule has 38 heavy (non-hydrogen) atoms. The largest absolute Gasteiger partial charge is 0.471 e. The molecule has 0 saturated heterocycles. The molecule has 0 radical (unpaired) electrons. The number of hydrogen-bond acceptors (Lipinski definition) is 4. The van der Waals surface area contributed by atoms with Gasteiger partial charge < -0.3 is 16.4 Å². The van der Waals surface area contributed by atoms with Gasteiger partial charge in [-0.1, -0.05) is 31.2 Å². The van der Waals surface area contributed by atoms with Crippen LogP contribution in [0.1, 0.15) is 35.3 Å². The Morgan fingerprint density at radius 2 is 1.79 bits per heavy atom. The van der Waals surface area contributed by atoms with E-state index in [0.29, 0.717) is 34.5 Å². The van der Waals surface area contributed by atoms with Gasteiger partial charge in [-0.15, -0.1) is 0 Å². The first-order valence-electron chi connectivity index (χ1n) is 11.6. The molecular weight excluding hydrogens is 500 g/mol. The summed E-state index contributed by atoms with van der Waals surface area (Å²) in [6, 6.07) is 18.7. The summed E-state index contributed by atoms with van der Waals surface area (Å²) in [4.78, 5) is 11.5. The maximum atomic E-state index is 14.3. The second kappa shape index (κ2) is 10.8. The highest BCUT2D eigenvalue weighted by atomic mass is 19.4. The fraction of sp³-hybridized carbons (Fsp3) is 0.148. The fourth-order valence-electron chi connectivity index (χ4n) is 3.88. The topological polar surface area (TPSA) is 109 Å². The van der Waals surface area contributed by atoms with E-state index in [1.165, 1.54) is 28.9 Å².